The molecule has 1 rings (SSSR count). The lowest BCUT2D eigenvalue weighted by Crippen LogP contribution is -2.19. The average molecular weight is 205 g/mol. The molecule has 0 aliphatic rings. The molecule has 0 heterocycles. The number of hydrogen-bond donors (Lipinski definition) is 1. The standard InChI is InChI=1S/C9H10F3NO/c1-14-7-3-2-5(10)4-6(7)8(13)9(11)12/h2-4,8-9H,13H2,1H3/t8-/m0/s1. The van der Waals surface area contributed by atoms with E-state index in [0.717, 1.165) is 12.1 Å². The molecule has 78 valence electrons. The van der Waals surface area contributed by atoms with E-state index in [1.165, 1.54) is 13.2 Å². The lowest BCUT2D eigenvalue weighted by Gasteiger charge is -2.14. The van der Waals surface area contributed by atoms with E-state index < -0.39 is 18.3 Å². The first-order valence-electron chi connectivity index (χ1n) is 3.93. The molecule has 0 amide bonds. The molecule has 2 N–H and O–H groups in total. The summed E-state index contributed by atoms with van der Waals surface area (Å²) in [6.45, 7) is 0. The molecule has 0 fully saturated rings. The van der Waals surface area contributed by atoms with Gasteiger partial charge in [0.25, 0.3) is 6.43 Å². The van der Waals surface area contributed by atoms with Crippen LogP contribution in [0.5, 0.6) is 5.75 Å². The molecule has 1 aromatic rings. The van der Waals surface area contributed by atoms with Crippen molar-refractivity contribution in [1.82, 2.24) is 0 Å². The molecule has 0 radical (unpaired) electrons. The topological polar surface area (TPSA) is 35.2 Å². The van der Waals surface area contributed by atoms with Crippen LogP contribution in [0.4, 0.5) is 13.2 Å². The van der Waals surface area contributed by atoms with E-state index in [9.17, 15) is 13.2 Å². The van der Waals surface area contributed by atoms with Crippen LogP contribution >= 0.6 is 0 Å². The first-order valence-corrected chi connectivity index (χ1v) is 3.93. The SMILES string of the molecule is COc1ccc(F)cc1[C@H](N)C(F)F. The number of nitrogens with two attached hydrogens (primary N) is 1. The largest absolute Gasteiger partial charge is 0.496 e. The summed E-state index contributed by atoms with van der Waals surface area (Å²) in [6.07, 6.45) is -2.74. The molecule has 1 aromatic carbocycles. The van der Waals surface area contributed by atoms with Crippen molar-refractivity contribution in [2.45, 2.75) is 12.5 Å². The fraction of sp³-hybridized carbons (Fsp3) is 0.333. The Morgan fingerprint density at radius 1 is 1.36 bits per heavy atom. The number of alkyl halides is 2. The lowest BCUT2D eigenvalue weighted by atomic mass is 10.1. The molecule has 0 unspecified atom stereocenters. The highest BCUT2D eigenvalue weighted by molar-refractivity contribution is 5.36. The van der Waals surface area contributed by atoms with E-state index in [4.69, 9.17) is 10.5 Å². The molecule has 5 heteroatoms. The van der Waals surface area contributed by atoms with Crippen LogP contribution in [0.2, 0.25) is 0 Å². The molecule has 14 heavy (non-hydrogen) atoms. The minimum Gasteiger partial charge on any atom is -0.496 e. The third kappa shape index (κ3) is 2.17. The Hall–Kier alpha value is -1.23. The summed E-state index contributed by atoms with van der Waals surface area (Å²) < 4.78 is 42.1. The van der Waals surface area contributed by atoms with Crippen molar-refractivity contribution in [2.24, 2.45) is 5.73 Å². The number of halogens is 3. The Morgan fingerprint density at radius 3 is 2.50 bits per heavy atom. The third-order valence-corrected chi connectivity index (χ3v) is 1.82. The van der Waals surface area contributed by atoms with E-state index in [1.54, 1.807) is 0 Å². The van der Waals surface area contributed by atoms with Crippen LogP contribution < -0.4 is 10.5 Å². The maximum Gasteiger partial charge on any atom is 0.257 e. The van der Waals surface area contributed by atoms with Gasteiger partial charge in [-0.15, -0.1) is 0 Å². The smallest absolute Gasteiger partial charge is 0.257 e. The van der Waals surface area contributed by atoms with Gasteiger partial charge in [-0.3, -0.25) is 0 Å². The van der Waals surface area contributed by atoms with Crippen LogP contribution in [-0.2, 0) is 0 Å². The van der Waals surface area contributed by atoms with Crippen LogP contribution in [0.25, 0.3) is 0 Å². The number of ether oxygens (including phenoxy) is 1. The van der Waals surface area contributed by atoms with Crippen LogP contribution in [0, 0.1) is 5.82 Å². The van der Waals surface area contributed by atoms with E-state index in [-0.39, 0.29) is 11.3 Å². The fourth-order valence-electron chi connectivity index (χ4n) is 1.10. The summed E-state index contributed by atoms with van der Waals surface area (Å²) in [5, 5.41) is 0. The number of benzene rings is 1. The number of rotatable bonds is 3. The van der Waals surface area contributed by atoms with E-state index in [1.807, 2.05) is 0 Å². The summed E-state index contributed by atoms with van der Waals surface area (Å²) in [5.41, 5.74) is 5.16. The maximum atomic E-state index is 12.8. The molecule has 0 aliphatic heterocycles. The molecular formula is C9H10F3NO. The lowest BCUT2D eigenvalue weighted by molar-refractivity contribution is 0.115. The van der Waals surface area contributed by atoms with Crippen LogP contribution in [-0.4, -0.2) is 13.5 Å². The predicted molar refractivity (Wildman–Crippen MR) is 45.9 cm³/mol. The van der Waals surface area contributed by atoms with Crippen molar-refractivity contribution in [2.75, 3.05) is 7.11 Å². The molecule has 0 saturated heterocycles. The van der Waals surface area contributed by atoms with Crippen molar-refractivity contribution in [3.8, 4) is 5.75 Å². The van der Waals surface area contributed by atoms with Gasteiger partial charge in [0.05, 0.1) is 13.2 Å². The first-order chi connectivity index (χ1) is 6.56. The quantitative estimate of drug-likeness (QED) is 0.820. The molecular weight excluding hydrogens is 195 g/mol. The van der Waals surface area contributed by atoms with E-state index in [2.05, 4.69) is 0 Å². The monoisotopic (exact) mass is 205 g/mol. The van der Waals surface area contributed by atoms with E-state index >= 15 is 0 Å². The molecule has 0 saturated carbocycles. The minimum atomic E-state index is -2.74. The molecule has 1 atom stereocenters. The Kier molecular flexibility index (Phi) is 3.35. The Labute approximate surface area is 79.5 Å². The zero-order valence-corrected chi connectivity index (χ0v) is 7.51. The summed E-state index contributed by atoms with van der Waals surface area (Å²) in [7, 11) is 1.31. The van der Waals surface area contributed by atoms with Gasteiger partial charge < -0.3 is 10.5 Å². The summed E-state index contributed by atoms with van der Waals surface area (Å²) in [4.78, 5) is 0. The highest BCUT2D eigenvalue weighted by Gasteiger charge is 2.21. The van der Waals surface area contributed by atoms with Crippen molar-refractivity contribution in [1.29, 1.82) is 0 Å². The van der Waals surface area contributed by atoms with Gasteiger partial charge in [-0.2, -0.15) is 0 Å². The van der Waals surface area contributed by atoms with Crippen molar-refractivity contribution < 1.29 is 17.9 Å². The van der Waals surface area contributed by atoms with Crippen LogP contribution in [0.15, 0.2) is 18.2 Å². The van der Waals surface area contributed by atoms with Crippen molar-refractivity contribution in [3.63, 3.8) is 0 Å². The normalized spacial score (nSPS) is 13.0. The zero-order valence-electron chi connectivity index (χ0n) is 7.51. The van der Waals surface area contributed by atoms with Gasteiger partial charge >= 0.3 is 0 Å². The van der Waals surface area contributed by atoms with Crippen LogP contribution in [0.1, 0.15) is 11.6 Å². The third-order valence-electron chi connectivity index (χ3n) is 1.82. The Balaban J connectivity index is 3.10. The highest BCUT2D eigenvalue weighted by atomic mass is 19.3. The molecule has 0 spiro atoms. The second-order valence-corrected chi connectivity index (χ2v) is 2.75. The minimum absolute atomic E-state index is 0.0255. The average Bonchev–Trinajstić information content (AvgIpc) is 2.16. The van der Waals surface area contributed by atoms with Gasteiger partial charge in [0.1, 0.15) is 11.6 Å². The van der Waals surface area contributed by atoms with Gasteiger partial charge in [-0.05, 0) is 18.2 Å². The fourth-order valence-corrected chi connectivity index (χ4v) is 1.10. The van der Waals surface area contributed by atoms with Crippen molar-refractivity contribution >= 4 is 0 Å². The zero-order chi connectivity index (χ0) is 10.7. The second-order valence-electron chi connectivity index (χ2n) is 2.75. The Morgan fingerprint density at radius 2 is 2.00 bits per heavy atom. The van der Waals surface area contributed by atoms with E-state index in [0.29, 0.717) is 0 Å². The first kappa shape index (κ1) is 10.8. The van der Waals surface area contributed by atoms with Gasteiger partial charge in [0.2, 0.25) is 0 Å². The van der Waals surface area contributed by atoms with Gasteiger partial charge in [0.15, 0.2) is 0 Å². The molecule has 0 bridgehead atoms. The highest BCUT2D eigenvalue weighted by Crippen LogP contribution is 2.27. The van der Waals surface area contributed by atoms with Gasteiger partial charge in [0, 0.05) is 5.56 Å². The molecule has 2 nitrogen and oxygen atoms in total. The molecule has 0 aromatic heterocycles. The summed E-state index contributed by atoms with van der Waals surface area (Å²) >= 11 is 0. The van der Waals surface area contributed by atoms with Gasteiger partial charge in [-0.25, -0.2) is 13.2 Å². The maximum absolute atomic E-state index is 12.8. The van der Waals surface area contributed by atoms with Crippen molar-refractivity contribution in [3.05, 3.63) is 29.6 Å². The number of hydrogen-bond acceptors (Lipinski definition) is 2. The van der Waals surface area contributed by atoms with Gasteiger partial charge in [-0.1, -0.05) is 0 Å². The predicted octanol–water partition coefficient (Wildman–Crippen LogP) is 2.10. The second kappa shape index (κ2) is 4.32. The summed E-state index contributed by atoms with van der Waals surface area (Å²) in [5.74, 6) is -0.448. The number of methoxy groups -OCH3 is 1. The van der Waals surface area contributed by atoms with Crippen LogP contribution in [0.3, 0.4) is 0 Å². The Bertz CT molecular complexity index is 317. The summed E-state index contributed by atoms with van der Waals surface area (Å²) in [6, 6.07) is 1.82. The molecule has 0 aliphatic carbocycles.